The summed E-state index contributed by atoms with van der Waals surface area (Å²) in [5, 5.41) is 2.74. The van der Waals surface area contributed by atoms with Gasteiger partial charge in [-0.1, -0.05) is 0 Å². The largest absolute Gasteiger partial charge is 0.462 e. The molecule has 0 bridgehead atoms. The normalized spacial score (nSPS) is 15.6. The summed E-state index contributed by atoms with van der Waals surface area (Å²) < 4.78 is 37.5. The smallest absolute Gasteiger partial charge is 0.335 e. The molecule has 2 aromatic heterocycles. The highest BCUT2D eigenvalue weighted by atomic mass is 31.2. The third-order valence-electron chi connectivity index (χ3n) is 4.73. The van der Waals surface area contributed by atoms with Crippen LogP contribution in [0.15, 0.2) is 12.7 Å². The summed E-state index contributed by atoms with van der Waals surface area (Å²) in [7, 11) is -3.94. The number of nitrogens with two attached hydrogens (primary N) is 1. The van der Waals surface area contributed by atoms with Crippen molar-refractivity contribution in [2.75, 3.05) is 12.1 Å². The van der Waals surface area contributed by atoms with Crippen LogP contribution in [0.5, 0.6) is 0 Å². The maximum atomic E-state index is 13.9. The number of carbonyl (C=O) groups is 2. The number of ether oxygens (including phenoxy) is 3. The van der Waals surface area contributed by atoms with Crippen LogP contribution >= 0.6 is 7.52 Å². The maximum absolute atomic E-state index is 13.9. The minimum absolute atomic E-state index is 0.257. The minimum atomic E-state index is -3.94. The zero-order valence-corrected chi connectivity index (χ0v) is 22.9. The second kappa shape index (κ2) is 12.1. The van der Waals surface area contributed by atoms with E-state index in [2.05, 4.69) is 20.0 Å². The Morgan fingerprint density at radius 1 is 1.08 bits per heavy atom. The Hall–Kier alpha value is -2.60. The molecule has 0 saturated carbocycles. The van der Waals surface area contributed by atoms with Gasteiger partial charge in [-0.05, 0) is 55.4 Å². The summed E-state index contributed by atoms with van der Waals surface area (Å²) in [6.45, 7) is 13.3. The number of hydrogen-bond donors (Lipinski definition) is 2. The fourth-order valence-corrected chi connectivity index (χ4v) is 5.30. The summed E-state index contributed by atoms with van der Waals surface area (Å²) in [6, 6.07) is 0. The molecule has 0 aromatic carbocycles. The van der Waals surface area contributed by atoms with Crippen LogP contribution in [-0.2, 0) is 39.4 Å². The first-order chi connectivity index (χ1) is 16.6. The number of imidazole rings is 1. The van der Waals surface area contributed by atoms with Gasteiger partial charge in [-0.3, -0.25) is 9.36 Å². The van der Waals surface area contributed by atoms with Crippen LogP contribution in [-0.4, -0.2) is 67.8 Å². The first-order valence-corrected chi connectivity index (χ1v) is 13.5. The molecule has 13 nitrogen and oxygen atoms in total. The van der Waals surface area contributed by atoms with E-state index >= 15 is 0 Å². The summed E-state index contributed by atoms with van der Waals surface area (Å²) in [6.07, 6.45) is 0.0304. The van der Waals surface area contributed by atoms with Crippen molar-refractivity contribution in [1.29, 1.82) is 0 Å². The fourth-order valence-electron chi connectivity index (χ4n) is 3.14. The molecule has 0 amide bonds. The van der Waals surface area contributed by atoms with Crippen LogP contribution in [0.25, 0.3) is 11.2 Å². The van der Waals surface area contributed by atoms with Crippen LogP contribution < -0.4 is 10.8 Å². The highest BCUT2D eigenvalue weighted by Crippen LogP contribution is 2.46. The molecule has 0 spiro atoms. The quantitative estimate of drug-likeness (QED) is 0.288. The van der Waals surface area contributed by atoms with Crippen molar-refractivity contribution in [3.63, 3.8) is 0 Å². The summed E-state index contributed by atoms with van der Waals surface area (Å²) >= 11 is 0. The number of nitrogens with one attached hydrogen (secondary N) is 1. The number of aromatic nitrogens is 4. The van der Waals surface area contributed by atoms with Gasteiger partial charge in [0.05, 0.1) is 31.2 Å². The first kappa shape index (κ1) is 29.6. The fraction of sp³-hybridized carbons (Fsp3) is 0.682. The van der Waals surface area contributed by atoms with Crippen molar-refractivity contribution in [3.05, 3.63) is 12.7 Å². The molecule has 3 atom stereocenters. The predicted molar refractivity (Wildman–Crippen MR) is 133 cm³/mol. The summed E-state index contributed by atoms with van der Waals surface area (Å²) in [4.78, 5) is 37.2. The lowest BCUT2D eigenvalue weighted by Gasteiger charge is -2.32. The monoisotopic (exact) mass is 528 g/mol. The van der Waals surface area contributed by atoms with Crippen LogP contribution in [0.1, 0.15) is 55.4 Å². The zero-order valence-electron chi connectivity index (χ0n) is 22.0. The molecule has 0 radical (unpaired) electrons. The van der Waals surface area contributed by atoms with Gasteiger partial charge in [-0.15, -0.1) is 0 Å². The van der Waals surface area contributed by atoms with Gasteiger partial charge in [0, 0.05) is 0 Å². The van der Waals surface area contributed by atoms with Crippen LogP contribution in [0.4, 0.5) is 5.82 Å². The Morgan fingerprint density at radius 2 is 1.72 bits per heavy atom. The Balaban J connectivity index is 2.18. The molecule has 2 rings (SSSR count). The van der Waals surface area contributed by atoms with Crippen molar-refractivity contribution in [2.24, 2.45) is 0 Å². The van der Waals surface area contributed by atoms with E-state index in [0.29, 0.717) is 17.7 Å². The van der Waals surface area contributed by atoms with Gasteiger partial charge < -0.3 is 29.0 Å². The lowest BCUT2D eigenvalue weighted by molar-refractivity contribution is -0.155. The van der Waals surface area contributed by atoms with Crippen molar-refractivity contribution < 1.29 is 32.9 Å². The number of fused-ring (bicyclic) bond motifs is 1. The van der Waals surface area contributed by atoms with Crippen molar-refractivity contribution in [1.82, 2.24) is 24.6 Å². The lowest BCUT2D eigenvalue weighted by atomic mass is 10.1. The van der Waals surface area contributed by atoms with E-state index in [1.807, 2.05) is 0 Å². The molecule has 0 aliphatic heterocycles. The Morgan fingerprint density at radius 3 is 2.33 bits per heavy atom. The van der Waals surface area contributed by atoms with E-state index in [0.717, 1.165) is 0 Å². The van der Waals surface area contributed by atoms with E-state index in [9.17, 15) is 14.2 Å². The predicted octanol–water partition coefficient (Wildman–Crippen LogP) is 2.64. The van der Waals surface area contributed by atoms with Gasteiger partial charge in [0.2, 0.25) is 0 Å². The van der Waals surface area contributed by atoms with Crippen molar-refractivity contribution in [2.45, 2.75) is 91.9 Å². The SMILES string of the molecule is CC(C)OC(=O)[C@@H](C)OP(=O)(CO[C@H](C)Cn1cnc2c(N)ncnc21)NC(C)(C)C(=O)OC(C)C. The second-order valence-electron chi connectivity index (χ2n) is 9.53. The molecule has 202 valence electrons. The van der Waals surface area contributed by atoms with Gasteiger partial charge in [0.25, 0.3) is 7.52 Å². The first-order valence-electron chi connectivity index (χ1n) is 11.6. The highest BCUT2D eigenvalue weighted by Gasteiger charge is 2.41. The maximum Gasteiger partial charge on any atom is 0.335 e. The van der Waals surface area contributed by atoms with Crippen LogP contribution in [0.3, 0.4) is 0 Å². The van der Waals surface area contributed by atoms with E-state index in [-0.39, 0.29) is 18.0 Å². The molecule has 0 aliphatic rings. The van der Waals surface area contributed by atoms with Gasteiger partial charge in [0.15, 0.2) is 17.6 Å². The van der Waals surface area contributed by atoms with Gasteiger partial charge in [-0.2, -0.15) is 0 Å². The minimum Gasteiger partial charge on any atom is -0.462 e. The van der Waals surface area contributed by atoms with E-state index in [1.165, 1.54) is 27.1 Å². The number of anilines is 1. The number of esters is 2. The third kappa shape index (κ3) is 8.22. The molecular formula is C22H37N6O7P. The van der Waals surface area contributed by atoms with Crippen molar-refractivity contribution in [3.8, 4) is 0 Å². The van der Waals surface area contributed by atoms with Gasteiger partial charge in [0.1, 0.15) is 23.7 Å². The van der Waals surface area contributed by atoms with E-state index in [4.69, 9.17) is 24.5 Å². The molecule has 1 unspecified atom stereocenters. The molecule has 0 aliphatic carbocycles. The number of carbonyl (C=O) groups excluding carboxylic acids is 2. The standard InChI is InChI=1S/C22H37N6O7P/c1-13(2)33-20(29)16(6)35-36(31,27-22(7,8)21(30)34-14(3)4)12-32-15(5)9-28-11-26-17-18(23)24-10-25-19(17)28/h10-11,13-16H,9,12H2,1-8H3,(H,27,31)(H2,23,24,25)/t15-,16-,36?/m1/s1. The Kier molecular flexibility index (Phi) is 9.95. The summed E-state index contributed by atoms with van der Waals surface area (Å²) in [5.74, 6) is -1.06. The zero-order chi connectivity index (χ0) is 27.3. The molecule has 0 fully saturated rings. The number of nitrogens with zero attached hydrogens (tertiary/aromatic N) is 4. The molecule has 36 heavy (non-hydrogen) atoms. The molecule has 2 aromatic rings. The average molecular weight is 529 g/mol. The summed E-state index contributed by atoms with van der Waals surface area (Å²) in [5.41, 5.74) is 5.42. The number of nitrogen functional groups attached to an aromatic ring is 1. The molecule has 14 heteroatoms. The number of hydrogen-bond acceptors (Lipinski definition) is 11. The Bertz CT molecular complexity index is 1100. The molecule has 2 heterocycles. The van der Waals surface area contributed by atoms with Gasteiger partial charge in [-0.25, -0.2) is 24.8 Å². The molecular weight excluding hydrogens is 491 g/mol. The average Bonchev–Trinajstić information content (AvgIpc) is 3.15. The van der Waals surface area contributed by atoms with Crippen LogP contribution in [0.2, 0.25) is 0 Å². The second-order valence-corrected chi connectivity index (χ2v) is 11.6. The molecule has 3 N–H and O–H groups in total. The third-order valence-corrected chi connectivity index (χ3v) is 6.77. The van der Waals surface area contributed by atoms with Crippen molar-refractivity contribution >= 4 is 36.4 Å². The van der Waals surface area contributed by atoms with E-state index in [1.54, 1.807) is 45.5 Å². The Labute approximate surface area is 210 Å². The highest BCUT2D eigenvalue weighted by molar-refractivity contribution is 7.56. The van der Waals surface area contributed by atoms with Crippen LogP contribution in [0, 0.1) is 0 Å². The number of rotatable bonds is 13. The van der Waals surface area contributed by atoms with E-state index < -0.39 is 43.6 Å². The molecule has 0 saturated heterocycles. The lowest BCUT2D eigenvalue weighted by Crippen LogP contribution is -2.48. The topological polar surface area (TPSA) is 170 Å². The van der Waals surface area contributed by atoms with Gasteiger partial charge >= 0.3 is 11.9 Å².